The molecule has 0 amide bonds. The van der Waals surface area contributed by atoms with E-state index in [9.17, 15) is 40.5 Å². The number of ether oxygens (including phenoxy) is 4. The average molecular weight is 639 g/mol. The molecule has 0 radical (unpaired) electrons. The van der Waals surface area contributed by atoms with Gasteiger partial charge in [0.25, 0.3) is 0 Å². The maximum atomic E-state index is 14.7. The maximum Gasteiger partial charge on any atom is 2.00 e. The van der Waals surface area contributed by atoms with Gasteiger partial charge in [-0.1, -0.05) is 91.0 Å². The molecule has 2 saturated heterocycles. The molecule has 0 unspecified atom stereocenters. The van der Waals surface area contributed by atoms with Crippen molar-refractivity contribution in [3.05, 3.63) is 108 Å². The van der Waals surface area contributed by atoms with Gasteiger partial charge in [0.15, 0.2) is 18.7 Å². The van der Waals surface area contributed by atoms with Crippen molar-refractivity contribution in [1.82, 2.24) is 0 Å². The summed E-state index contributed by atoms with van der Waals surface area (Å²) < 4.78 is 22.8. The summed E-state index contributed by atoms with van der Waals surface area (Å²) in [5.74, 6) is -0.869. The molecular formula is C32H38MgO12. The minimum Gasteiger partial charge on any atom is -1.00 e. The second-order valence-electron chi connectivity index (χ2n) is 10.8. The first kappa shape index (κ1) is 35.4. The van der Waals surface area contributed by atoms with Crippen molar-refractivity contribution in [2.75, 3.05) is 13.2 Å². The minimum atomic E-state index is -1.85. The Labute approximate surface area is 278 Å². The van der Waals surface area contributed by atoms with E-state index in [0.717, 1.165) is 0 Å². The number of aliphatic hydroxyl groups is 7. The van der Waals surface area contributed by atoms with Gasteiger partial charge in [0, 0.05) is 0 Å². The first-order valence-corrected chi connectivity index (χ1v) is 14.2. The molecule has 0 saturated carbocycles. The second-order valence-corrected chi connectivity index (χ2v) is 10.8. The van der Waals surface area contributed by atoms with E-state index in [-0.39, 0.29) is 25.9 Å². The van der Waals surface area contributed by atoms with E-state index in [2.05, 4.69) is 0 Å². The molecule has 0 bridgehead atoms. The number of rotatable bonds is 9. The molecule has 45 heavy (non-hydrogen) atoms. The first-order chi connectivity index (χ1) is 21.2. The summed E-state index contributed by atoms with van der Waals surface area (Å²) in [5, 5.41) is 72.4. The van der Waals surface area contributed by atoms with Gasteiger partial charge in [-0.05, 0) is 16.7 Å². The number of carbonyl (C=O) groups excluding carboxylic acids is 1. The second kappa shape index (κ2) is 15.4. The Kier molecular flexibility index (Phi) is 12.1. The molecule has 12 nitrogen and oxygen atoms in total. The number of aliphatic hydroxyl groups excluding tert-OH is 7. The van der Waals surface area contributed by atoms with Crippen LogP contribution in [0.3, 0.4) is 0 Å². The van der Waals surface area contributed by atoms with Crippen LogP contribution in [0.25, 0.3) is 0 Å². The Morgan fingerprint density at radius 1 is 0.644 bits per heavy atom. The van der Waals surface area contributed by atoms with Crippen LogP contribution in [-0.2, 0) is 29.2 Å². The van der Waals surface area contributed by atoms with Gasteiger partial charge in [-0.3, -0.25) is 4.79 Å². The molecule has 7 N–H and O–H groups in total. The topological polar surface area (TPSA) is 196 Å². The van der Waals surface area contributed by atoms with Crippen molar-refractivity contribution in [2.45, 2.75) is 66.8 Å². The van der Waals surface area contributed by atoms with E-state index < -0.39 is 86.0 Å². The molecule has 0 spiro atoms. The number of hydrogen-bond acceptors (Lipinski definition) is 12. The Hall–Kier alpha value is -2.50. The zero-order valence-electron chi connectivity index (χ0n) is 26.2. The SMILES string of the molecule is O=C(O[C@H]1[C@H](O[C@H]2[C@H](O)[C@@H](O)[C@H](O)O[C@@H]2CO)O[C@H](CO)[C@H](O)[C@@H]1O)C(c1ccccc1)(c1ccccc1)c1ccccc1.[H-].[H-].[Mg+2]. The summed E-state index contributed by atoms with van der Waals surface area (Å²) in [5.41, 5.74) is 0.0177. The van der Waals surface area contributed by atoms with Gasteiger partial charge < -0.3 is 57.5 Å². The van der Waals surface area contributed by atoms with Gasteiger partial charge in [-0.15, -0.1) is 0 Å². The predicted molar refractivity (Wildman–Crippen MR) is 160 cm³/mol. The molecule has 0 aromatic heterocycles. The van der Waals surface area contributed by atoms with E-state index in [1.54, 1.807) is 91.0 Å². The van der Waals surface area contributed by atoms with Crippen LogP contribution in [0.15, 0.2) is 91.0 Å². The summed E-state index contributed by atoms with van der Waals surface area (Å²) in [6.45, 7) is -1.51. The zero-order chi connectivity index (χ0) is 31.4. The van der Waals surface area contributed by atoms with Gasteiger partial charge in [0.1, 0.15) is 48.1 Å². The molecule has 13 heteroatoms. The molecular weight excluding hydrogens is 601 g/mol. The van der Waals surface area contributed by atoms with E-state index in [4.69, 9.17) is 18.9 Å². The van der Waals surface area contributed by atoms with Crippen molar-refractivity contribution in [3.63, 3.8) is 0 Å². The first-order valence-electron chi connectivity index (χ1n) is 14.2. The number of carbonyl (C=O) groups is 1. The average Bonchev–Trinajstić information content (AvgIpc) is 3.06. The third-order valence-corrected chi connectivity index (χ3v) is 8.12. The van der Waals surface area contributed by atoms with Gasteiger partial charge in [0.05, 0.1) is 13.2 Å². The molecule has 2 aliphatic rings. The van der Waals surface area contributed by atoms with Gasteiger partial charge in [0.2, 0.25) is 0 Å². The fraction of sp³-hybridized carbons (Fsp3) is 0.406. The van der Waals surface area contributed by atoms with Crippen LogP contribution >= 0.6 is 0 Å². The van der Waals surface area contributed by atoms with Crippen molar-refractivity contribution in [3.8, 4) is 0 Å². The molecule has 240 valence electrons. The minimum absolute atomic E-state index is 0. The van der Waals surface area contributed by atoms with Crippen LogP contribution in [0, 0.1) is 0 Å². The van der Waals surface area contributed by atoms with Crippen LogP contribution in [-0.4, -0.2) is 139 Å². The molecule has 2 heterocycles. The largest absolute Gasteiger partial charge is 2.00 e. The maximum absolute atomic E-state index is 14.7. The fourth-order valence-electron chi connectivity index (χ4n) is 5.81. The normalized spacial score (nSPS) is 31.9. The van der Waals surface area contributed by atoms with Crippen molar-refractivity contribution < 1.29 is 62.3 Å². The number of benzene rings is 3. The summed E-state index contributed by atoms with van der Waals surface area (Å²) in [6, 6.07) is 26.5. The van der Waals surface area contributed by atoms with Crippen LogP contribution in [0.5, 0.6) is 0 Å². The van der Waals surface area contributed by atoms with Crippen LogP contribution < -0.4 is 0 Å². The monoisotopic (exact) mass is 638 g/mol. The Morgan fingerprint density at radius 2 is 1.09 bits per heavy atom. The van der Waals surface area contributed by atoms with E-state index in [1.165, 1.54) is 0 Å². The van der Waals surface area contributed by atoms with Crippen LogP contribution in [0.1, 0.15) is 19.5 Å². The zero-order valence-corrected chi connectivity index (χ0v) is 25.6. The Morgan fingerprint density at radius 3 is 1.53 bits per heavy atom. The predicted octanol–water partition coefficient (Wildman–Crippen LogP) is -0.967. The van der Waals surface area contributed by atoms with Crippen molar-refractivity contribution in [2.24, 2.45) is 0 Å². The summed E-state index contributed by atoms with van der Waals surface area (Å²) >= 11 is 0. The van der Waals surface area contributed by atoms with Crippen molar-refractivity contribution in [1.29, 1.82) is 0 Å². The van der Waals surface area contributed by atoms with Crippen molar-refractivity contribution >= 4 is 29.0 Å². The molecule has 2 aliphatic heterocycles. The van der Waals surface area contributed by atoms with Gasteiger partial charge in [-0.2, -0.15) is 0 Å². The number of esters is 1. The smallest absolute Gasteiger partial charge is 1.00 e. The van der Waals surface area contributed by atoms with E-state index in [0.29, 0.717) is 16.7 Å². The van der Waals surface area contributed by atoms with E-state index >= 15 is 0 Å². The standard InChI is InChI=1S/C32H36O12.Mg.2H/c33-16-21-23(35)24(36)28(30(42-21)43-27-22(17-34)41-29(39)26(38)25(27)37)44-31(40)32(18-10-4-1-5-11-18,19-12-6-2-7-13-19)20-14-8-3-9-15-20;;;/h1-15,21-30,33-39H,16-17H2;;;/q;+2;2*-1/t21-,22-,23+,24+,25-,26-,27-,28-,29-,30+;;;/m1.../s1. The molecule has 3 aromatic carbocycles. The van der Waals surface area contributed by atoms with Gasteiger partial charge in [-0.25, -0.2) is 0 Å². The van der Waals surface area contributed by atoms with Crippen LogP contribution in [0.2, 0.25) is 0 Å². The number of hydrogen-bond donors (Lipinski definition) is 7. The Balaban J connectivity index is 0.00000256. The fourth-order valence-corrected chi connectivity index (χ4v) is 5.81. The molecule has 3 aromatic rings. The Bertz CT molecular complexity index is 1260. The summed E-state index contributed by atoms with van der Waals surface area (Å²) in [4.78, 5) is 14.7. The third kappa shape index (κ3) is 6.81. The quantitative estimate of drug-likeness (QED) is 0.0862. The van der Waals surface area contributed by atoms with Gasteiger partial charge >= 0.3 is 29.0 Å². The summed E-state index contributed by atoms with van der Waals surface area (Å²) in [7, 11) is 0. The third-order valence-electron chi connectivity index (χ3n) is 8.12. The van der Waals surface area contributed by atoms with Crippen LogP contribution in [0.4, 0.5) is 0 Å². The molecule has 10 atom stereocenters. The van der Waals surface area contributed by atoms with E-state index in [1.807, 2.05) is 0 Å². The molecule has 0 aliphatic carbocycles. The molecule has 5 rings (SSSR count). The molecule has 2 fully saturated rings. The summed E-state index contributed by atoms with van der Waals surface area (Å²) in [6.07, 6.45) is -16.8.